The van der Waals surface area contributed by atoms with Crippen molar-refractivity contribution in [3.8, 4) is 23.0 Å². The normalized spacial score (nSPS) is 11.4. The molecule has 1 heterocycles. The van der Waals surface area contributed by atoms with Crippen LogP contribution in [0.1, 0.15) is 34.1 Å². The third kappa shape index (κ3) is 5.94. The number of halogens is 4. The van der Waals surface area contributed by atoms with Gasteiger partial charge in [0, 0.05) is 29.5 Å². The van der Waals surface area contributed by atoms with E-state index in [1.54, 1.807) is 0 Å². The highest BCUT2D eigenvalue weighted by molar-refractivity contribution is 6.31. The number of carbonyl (C=O) groups excluding carboxylic acids is 2. The number of amides is 2. The van der Waals surface area contributed by atoms with Gasteiger partial charge >= 0.3 is 0 Å². The highest BCUT2D eigenvalue weighted by Gasteiger charge is 2.25. The van der Waals surface area contributed by atoms with Crippen LogP contribution in [0, 0.1) is 23.5 Å². The Morgan fingerprint density at radius 2 is 1.94 bits per heavy atom. The van der Waals surface area contributed by atoms with Crippen LogP contribution in [0.5, 0.6) is 0 Å². The maximum absolute atomic E-state index is 14.8. The first-order chi connectivity index (χ1) is 16.2. The van der Waals surface area contributed by atoms with Crippen molar-refractivity contribution in [3.05, 3.63) is 81.1 Å². The van der Waals surface area contributed by atoms with Crippen LogP contribution < -0.4 is 11.1 Å². The molecule has 0 aliphatic heterocycles. The van der Waals surface area contributed by atoms with Crippen LogP contribution >= 0.6 is 23.2 Å². The highest BCUT2D eigenvalue weighted by atomic mass is 35.5. The number of benzene rings is 2. The second-order valence-corrected chi connectivity index (χ2v) is 8.02. The first-order valence-electron chi connectivity index (χ1n) is 9.90. The minimum atomic E-state index is -0.913. The van der Waals surface area contributed by atoms with Crippen molar-refractivity contribution in [3.63, 3.8) is 0 Å². The summed E-state index contributed by atoms with van der Waals surface area (Å²) in [4.78, 5) is 27.8. The third-order valence-corrected chi connectivity index (χ3v) is 5.34. The van der Waals surface area contributed by atoms with Gasteiger partial charge in [0.1, 0.15) is 18.2 Å². The molecule has 0 saturated heterocycles. The highest BCUT2D eigenvalue weighted by Crippen LogP contribution is 2.32. The Morgan fingerprint density at radius 1 is 1.18 bits per heavy atom. The van der Waals surface area contributed by atoms with Gasteiger partial charge in [-0.2, -0.15) is 0 Å². The average molecular weight is 506 g/mol. The van der Waals surface area contributed by atoms with E-state index < -0.39 is 29.5 Å². The van der Waals surface area contributed by atoms with E-state index >= 15 is 0 Å². The molecule has 0 spiro atoms. The van der Waals surface area contributed by atoms with Gasteiger partial charge in [0.05, 0.1) is 28.7 Å². The molecule has 6 nitrogen and oxygen atoms in total. The number of ether oxygens (including phenoxy) is 1. The van der Waals surface area contributed by atoms with Crippen LogP contribution in [0.25, 0.3) is 11.1 Å². The van der Waals surface area contributed by atoms with Gasteiger partial charge in [0.15, 0.2) is 0 Å². The summed E-state index contributed by atoms with van der Waals surface area (Å²) in [5, 5.41) is 2.69. The van der Waals surface area contributed by atoms with Crippen LogP contribution in [-0.2, 0) is 9.53 Å². The molecule has 4 N–H and O–H groups in total. The Morgan fingerprint density at radius 3 is 2.59 bits per heavy atom. The summed E-state index contributed by atoms with van der Waals surface area (Å²) in [5.74, 6) is 2.92. The first-order valence-corrected chi connectivity index (χ1v) is 10.7. The second-order valence-electron chi connectivity index (χ2n) is 7.18. The van der Waals surface area contributed by atoms with Crippen LogP contribution in [0.2, 0.25) is 10.0 Å². The van der Waals surface area contributed by atoms with E-state index in [0.717, 1.165) is 12.1 Å². The SMILES string of the molecule is COCC#Cc1[nH]cc(C(=O)N[C@@H](CC(N)=O)c2ccc(F)c(Cl)c2)c1-c1ccc(Cl)cc1F. The van der Waals surface area contributed by atoms with Crippen LogP contribution in [0.15, 0.2) is 42.6 Å². The van der Waals surface area contributed by atoms with Crippen molar-refractivity contribution in [1.29, 1.82) is 0 Å². The number of methoxy groups -OCH3 is 1. The van der Waals surface area contributed by atoms with Gasteiger partial charge in [-0.1, -0.05) is 35.2 Å². The molecule has 34 heavy (non-hydrogen) atoms. The van der Waals surface area contributed by atoms with E-state index in [1.165, 1.54) is 37.6 Å². The van der Waals surface area contributed by atoms with E-state index in [4.69, 9.17) is 33.7 Å². The quantitative estimate of drug-likeness (QED) is 0.409. The van der Waals surface area contributed by atoms with Crippen molar-refractivity contribution in [2.45, 2.75) is 12.5 Å². The Kier molecular flexibility index (Phi) is 8.29. The van der Waals surface area contributed by atoms with E-state index in [2.05, 4.69) is 22.1 Å². The zero-order valence-corrected chi connectivity index (χ0v) is 19.4. The predicted molar refractivity (Wildman–Crippen MR) is 125 cm³/mol. The van der Waals surface area contributed by atoms with E-state index in [9.17, 15) is 18.4 Å². The third-order valence-electron chi connectivity index (χ3n) is 4.81. The molecule has 10 heteroatoms. The summed E-state index contributed by atoms with van der Waals surface area (Å²) in [5.41, 5.74) is 6.34. The fourth-order valence-electron chi connectivity index (χ4n) is 3.29. The number of nitrogens with two attached hydrogens (primary N) is 1. The predicted octanol–water partition coefficient (Wildman–Crippen LogP) is 4.61. The molecule has 0 bridgehead atoms. The van der Waals surface area contributed by atoms with Crippen molar-refractivity contribution in [2.24, 2.45) is 5.73 Å². The minimum Gasteiger partial charge on any atom is -0.372 e. The van der Waals surface area contributed by atoms with Gasteiger partial charge < -0.3 is 20.8 Å². The lowest BCUT2D eigenvalue weighted by atomic mass is 9.99. The van der Waals surface area contributed by atoms with E-state index in [0.29, 0.717) is 5.56 Å². The van der Waals surface area contributed by atoms with Crippen molar-refractivity contribution in [2.75, 3.05) is 13.7 Å². The van der Waals surface area contributed by atoms with Gasteiger partial charge in [-0.3, -0.25) is 9.59 Å². The molecule has 1 aromatic heterocycles. The molecule has 3 rings (SSSR count). The second kappa shape index (κ2) is 11.2. The number of aromatic amines is 1. The molecular weight excluding hydrogens is 487 g/mol. The lowest BCUT2D eigenvalue weighted by Gasteiger charge is -2.19. The largest absolute Gasteiger partial charge is 0.372 e. The molecule has 0 aliphatic rings. The van der Waals surface area contributed by atoms with Gasteiger partial charge in [-0.15, -0.1) is 0 Å². The maximum atomic E-state index is 14.8. The molecule has 2 aromatic carbocycles. The lowest BCUT2D eigenvalue weighted by Crippen LogP contribution is -2.32. The fraction of sp³-hybridized carbons (Fsp3) is 0.167. The molecule has 0 aliphatic carbocycles. The summed E-state index contributed by atoms with van der Waals surface area (Å²) in [7, 11) is 1.47. The minimum absolute atomic E-state index is 0.0608. The zero-order chi connectivity index (χ0) is 24.8. The summed E-state index contributed by atoms with van der Waals surface area (Å²) in [6.07, 6.45) is 1.10. The standard InChI is InChI=1S/C24H19Cl2F2N3O3/c1-34-8-2-3-20-23(15-6-5-14(25)10-19(15)28)16(12-30-20)24(33)31-21(11-22(29)32)13-4-7-18(27)17(26)9-13/h4-7,9-10,12,21,30H,8,11H2,1H3,(H2,29,32)(H,31,33)/t21-/m0/s1. The first kappa shape index (κ1) is 25.2. The zero-order valence-electron chi connectivity index (χ0n) is 17.8. The molecule has 2 amide bonds. The Labute approximate surface area is 204 Å². The van der Waals surface area contributed by atoms with E-state index in [-0.39, 0.29) is 45.5 Å². The fourth-order valence-corrected chi connectivity index (χ4v) is 3.64. The van der Waals surface area contributed by atoms with Crippen molar-refractivity contribution in [1.82, 2.24) is 10.3 Å². The number of hydrogen-bond donors (Lipinski definition) is 3. The smallest absolute Gasteiger partial charge is 0.253 e. The van der Waals surface area contributed by atoms with Gasteiger partial charge in [0.25, 0.3) is 5.91 Å². The Balaban J connectivity index is 2.05. The van der Waals surface area contributed by atoms with Crippen molar-refractivity contribution >= 4 is 35.0 Å². The Hall–Kier alpha value is -3.38. The number of primary amides is 1. The van der Waals surface area contributed by atoms with Crippen molar-refractivity contribution < 1.29 is 23.1 Å². The number of nitrogens with one attached hydrogen (secondary N) is 2. The molecule has 0 radical (unpaired) electrons. The summed E-state index contributed by atoms with van der Waals surface area (Å²) in [6.45, 7) is 0.120. The molecule has 0 saturated carbocycles. The molecular formula is C24H19Cl2F2N3O3. The van der Waals surface area contributed by atoms with Crippen LogP contribution in [0.3, 0.4) is 0 Å². The molecule has 176 valence electrons. The van der Waals surface area contributed by atoms with Gasteiger partial charge in [-0.05, 0) is 41.8 Å². The summed E-state index contributed by atoms with van der Waals surface area (Å²) >= 11 is 11.7. The maximum Gasteiger partial charge on any atom is 0.253 e. The average Bonchev–Trinajstić information content (AvgIpc) is 3.19. The summed E-state index contributed by atoms with van der Waals surface area (Å²) < 4.78 is 33.3. The lowest BCUT2D eigenvalue weighted by molar-refractivity contribution is -0.118. The molecule has 3 aromatic rings. The molecule has 0 unspecified atom stereocenters. The number of hydrogen-bond acceptors (Lipinski definition) is 3. The molecule has 1 atom stereocenters. The molecule has 0 fully saturated rings. The number of carbonyl (C=O) groups is 2. The monoisotopic (exact) mass is 505 g/mol. The number of H-pyrrole nitrogens is 1. The summed E-state index contributed by atoms with van der Waals surface area (Å²) in [6, 6.07) is 6.91. The van der Waals surface area contributed by atoms with Gasteiger partial charge in [-0.25, -0.2) is 8.78 Å². The van der Waals surface area contributed by atoms with Crippen LogP contribution in [-0.4, -0.2) is 30.5 Å². The number of aromatic nitrogens is 1. The van der Waals surface area contributed by atoms with Gasteiger partial charge in [0.2, 0.25) is 5.91 Å². The topological polar surface area (TPSA) is 97.2 Å². The number of rotatable bonds is 7. The van der Waals surface area contributed by atoms with E-state index in [1.807, 2.05) is 0 Å². The van der Waals surface area contributed by atoms with Crippen LogP contribution in [0.4, 0.5) is 8.78 Å². The Bertz CT molecular complexity index is 1300.